The van der Waals surface area contributed by atoms with Gasteiger partial charge in [0, 0.05) is 25.4 Å². The van der Waals surface area contributed by atoms with Crippen molar-refractivity contribution in [3.05, 3.63) is 58.8 Å². The van der Waals surface area contributed by atoms with E-state index in [0.717, 1.165) is 38.2 Å². The molecule has 0 amide bonds. The molecule has 0 spiro atoms. The molecule has 10 heteroatoms. The number of pyridine rings is 1. The second kappa shape index (κ2) is 9.38. The first-order chi connectivity index (χ1) is 16.8. The fraction of sp³-hybridized carbons (Fsp3) is 0.360. The van der Waals surface area contributed by atoms with Crippen molar-refractivity contribution in [1.82, 2.24) is 19.9 Å². The third-order valence-electron chi connectivity index (χ3n) is 6.20. The van der Waals surface area contributed by atoms with E-state index in [-0.39, 0.29) is 11.7 Å². The van der Waals surface area contributed by atoms with Gasteiger partial charge in [-0.15, -0.1) is 0 Å². The lowest BCUT2D eigenvalue weighted by Crippen LogP contribution is -2.32. The van der Waals surface area contributed by atoms with E-state index in [9.17, 15) is 9.83 Å². The summed E-state index contributed by atoms with van der Waals surface area (Å²) in [5.41, 5.74) is 5.59. The number of nitrogens with zero attached hydrogens (tertiary/aromatic N) is 5. The Balaban J connectivity index is 1.45. The van der Waals surface area contributed by atoms with Crippen molar-refractivity contribution in [1.29, 1.82) is 5.26 Å². The Kier molecular flexibility index (Phi) is 6.28. The van der Waals surface area contributed by atoms with Crippen LogP contribution in [0.25, 0.3) is 0 Å². The molecule has 4 heterocycles. The normalized spacial score (nSPS) is 17.7. The minimum absolute atomic E-state index is 0.113. The van der Waals surface area contributed by atoms with E-state index in [1.54, 1.807) is 31.5 Å². The number of aryl methyl sites for hydroxylation is 1. The monoisotopic (exact) mass is 489 g/mol. The van der Waals surface area contributed by atoms with Crippen LogP contribution in [0.4, 0.5) is 23.3 Å². The van der Waals surface area contributed by atoms with Crippen molar-refractivity contribution < 1.29 is 9.30 Å². The molecular weight excluding hydrogens is 461 g/mol. The molecule has 3 aromatic rings. The van der Waals surface area contributed by atoms with Crippen molar-refractivity contribution >= 4 is 35.8 Å². The Morgan fingerprint density at radius 2 is 2.03 bits per heavy atom. The van der Waals surface area contributed by atoms with E-state index < -0.39 is 7.14 Å². The summed E-state index contributed by atoms with van der Waals surface area (Å²) < 4.78 is 18.6. The summed E-state index contributed by atoms with van der Waals surface area (Å²) >= 11 is 0. The summed E-state index contributed by atoms with van der Waals surface area (Å²) in [6.45, 7) is 5.88. The van der Waals surface area contributed by atoms with Gasteiger partial charge in [0.2, 0.25) is 5.95 Å². The van der Waals surface area contributed by atoms with Gasteiger partial charge in [0.1, 0.15) is 30.0 Å². The van der Waals surface area contributed by atoms with Crippen LogP contribution in [0.3, 0.4) is 0 Å². The number of likely N-dealkylation sites (N-methyl/N-ethyl adjacent to an activating group) is 1. The number of nitriles is 1. The maximum atomic E-state index is 12.4. The van der Waals surface area contributed by atoms with Gasteiger partial charge in [0.25, 0.3) is 0 Å². The molecule has 2 aliphatic rings. The smallest absolute Gasteiger partial charge is 0.229 e. The number of benzene rings is 1. The van der Waals surface area contributed by atoms with Gasteiger partial charge in [0.05, 0.1) is 12.3 Å². The van der Waals surface area contributed by atoms with Gasteiger partial charge < -0.3 is 19.9 Å². The first-order valence-corrected chi connectivity index (χ1v) is 14.2. The van der Waals surface area contributed by atoms with Gasteiger partial charge >= 0.3 is 0 Å². The standard InChI is InChI=1S/C25H28N7O2P/c1-32-14-17-11-19(10-16-6-5-9-34-20(15-32)23(16)17)28-25-27-13-18(12-26)24(31-25)30-21-7-4-8-22(29-21)35(2,3)33/h4,7-8,10-11,13,20H,5-6,9,14-15H2,1-3H3,(H2,27,28,29,30,31). The molecule has 35 heavy (non-hydrogen) atoms. The summed E-state index contributed by atoms with van der Waals surface area (Å²) in [4.78, 5) is 15.6. The largest absolute Gasteiger partial charge is 0.372 e. The lowest BCUT2D eigenvalue weighted by atomic mass is 9.90. The summed E-state index contributed by atoms with van der Waals surface area (Å²) in [6.07, 6.45) is 3.56. The van der Waals surface area contributed by atoms with E-state index in [1.165, 1.54) is 22.9 Å². The van der Waals surface area contributed by atoms with Crippen molar-refractivity contribution in [2.24, 2.45) is 0 Å². The van der Waals surface area contributed by atoms with Crippen LogP contribution in [0.2, 0.25) is 0 Å². The summed E-state index contributed by atoms with van der Waals surface area (Å²) in [6, 6.07) is 11.7. The highest BCUT2D eigenvalue weighted by atomic mass is 31.2. The number of hydrogen-bond acceptors (Lipinski definition) is 9. The minimum Gasteiger partial charge on any atom is -0.372 e. The van der Waals surface area contributed by atoms with Gasteiger partial charge in [-0.1, -0.05) is 6.07 Å². The van der Waals surface area contributed by atoms with Crippen LogP contribution in [0.5, 0.6) is 0 Å². The highest BCUT2D eigenvalue weighted by molar-refractivity contribution is 7.69. The van der Waals surface area contributed by atoms with Crippen molar-refractivity contribution in [3.8, 4) is 6.07 Å². The van der Waals surface area contributed by atoms with E-state index in [2.05, 4.69) is 55.7 Å². The Morgan fingerprint density at radius 1 is 1.20 bits per heavy atom. The number of ether oxygens (including phenoxy) is 1. The van der Waals surface area contributed by atoms with Crippen LogP contribution in [0, 0.1) is 11.3 Å². The number of hydrogen-bond donors (Lipinski definition) is 2. The molecule has 2 aromatic heterocycles. The van der Waals surface area contributed by atoms with Crippen molar-refractivity contribution in [3.63, 3.8) is 0 Å². The molecular formula is C25H28N7O2P. The van der Waals surface area contributed by atoms with Crippen molar-refractivity contribution in [2.75, 3.05) is 44.2 Å². The first-order valence-electron chi connectivity index (χ1n) is 11.6. The summed E-state index contributed by atoms with van der Waals surface area (Å²) in [5, 5.41) is 16.0. The molecule has 1 aromatic carbocycles. The van der Waals surface area contributed by atoms with E-state index >= 15 is 0 Å². The molecule has 5 rings (SSSR count). The topological polar surface area (TPSA) is 116 Å². The second-order valence-corrected chi connectivity index (χ2v) is 12.6. The lowest BCUT2D eigenvalue weighted by Gasteiger charge is -2.33. The Morgan fingerprint density at radius 3 is 2.83 bits per heavy atom. The molecule has 0 bridgehead atoms. The Labute approximate surface area is 204 Å². The van der Waals surface area contributed by atoms with E-state index in [1.807, 2.05) is 0 Å². The predicted molar refractivity (Wildman–Crippen MR) is 136 cm³/mol. The number of anilines is 4. The molecule has 180 valence electrons. The maximum Gasteiger partial charge on any atom is 0.229 e. The molecule has 1 atom stereocenters. The Hall–Kier alpha value is -3.31. The van der Waals surface area contributed by atoms with Crippen molar-refractivity contribution in [2.45, 2.75) is 25.5 Å². The van der Waals surface area contributed by atoms with E-state index in [0.29, 0.717) is 23.0 Å². The van der Waals surface area contributed by atoms with E-state index in [4.69, 9.17) is 4.74 Å². The van der Waals surface area contributed by atoms with Gasteiger partial charge in [0.15, 0.2) is 5.82 Å². The maximum absolute atomic E-state index is 12.4. The number of aromatic nitrogens is 3. The second-order valence-electron chi connectivity index (χ2n) is 9.42. The van der Waals surface area contributed by atoms with Crippen LogP contribution in [-0.2, 0) is 22.3 Å². The highest BCUT2D eigenvalue weighted by Gasteiger charge is 2.29. The molecule has 2 aliphatic heterocycles. The van der Waals surface area contributed by atoms with Gasteiger partial charge in [-0.05, 0) is 74.2 Å². The molecule has 9 nitrogen and oxygen atoms in total. The zero-order valence-corrected chi connectivity index (χ0v) is 21.0. The summed E-state index contributed by atoms with van der Waals surface area (Å²) in [5.74, 6) is 1.18. The van der Waals surface area contributed by atoms with Gasteiger partial charge in [-0.25, -0.2) is 9.97 Å². The molecule has 0 radical (unpaired) electrons. The zero-order chi connectivity index (χ0) is 24.6. The quantitative estimate of drug-likeness (QED) is 0.514. The zero-order valence-electron chi connectivity index (χ0n) is 20.1. The number of nitrogens with one attached hydrogen (secondary N) is 2. The SMILES string of the molecule is CN1Cc2cc(Nc3ncc(C#N)c(Nc4cccc(P(C)(C)=O)n4)n3)cc3c2C(C1)OCCC3. The third kappa shape index (κ3) is 5.06. The summed E-state index contributed by atoms with van der Waals surface area (Å²) in [7, 11) is -0.414. The van der Waals surface area contributed by atoms with Gasteiger partial charge in [-0.2, -0.15) is 10.2 Å². The highest BCUT2D eigenvalue weighted by Crippen LogP contribution is 2.37. The van der Waals surface area contributed by atoms with Crippen LogP contribution in [-0.4, -0.2) is 53.4 Å². The molecule has 0 aliphatic carbocycles. The fourth-order valence-corrected chi connectivity index (χ4v) is 5.41. The average molecular weight is 490 g/mol. The number of rotatable bonds is 5. The fourth-order valence-electron chi connectivity index (χ4n) is 4.62. The Bertz CT molecular complexity index is 1360. The minimum atomic E-state index is -2.52. The molecule has 2 N–H and O–H groups in total. The van der Waals surface area contributed by atoms with Gasteiger partial charge in [-0.3, -0.25) is 4.90 Å². The van der Waals surface area contributed by atoms with Crippen LogP contribution >= 0.6 is 7.14 Å². The van der Waals surface area contributed by atoms with Crippen LogP contribution in [0.1, 0.15) is 34.8 Å². The third-order valence-corrected chi connectivity index (χ3v) is 7.55. The van der Waals surface area contributed by atoms with Crippen LogP contribution < -0.4 is 16.1 Å². The average Bonchev–Trinajstić information content (AvgIpc) is 3.01. The molecule has 0 fully saturated rings. The predicted octanol–water partition coefficient (Wildman–Crippen LogP) is 3.93. The first kappa shape index (κ1) is 23.4. The molecule has 1 unspecified atom stereocenters. The lowest BCUT2D eigenvalue weighted by molar-refractivity contribution is 0.0233. The molecule has 0 saturated heterocycles. The molecule has 0 saturated carbocycles. The van der Waals surface area contributed by atoms with Crippen LogP contribution in [0.15, 0.2) is 36.5 Å².